The van der Waals surface area contributed by atoms with Crippen molar-refractivity contribution in [2.75, 3.05) is 11.9 Å². The summed E-state index contributed by atoms with van der Waals surface area (Å²) in [5, 5.41) is 21.3. The molecule has 2 aromatic rings. The summed E-state index contributed by atoms with van der Waals surface area (Å²) in [5.74, 6) is -1.64. The van der Waals surface area contributed by atoms with E-state index in [1.165, 1.54) is 12.1 Å². The Labute approximate surface area is 130 Å². The Morgan fingerprint density at radius 1 is 1.14 bits per heavy atom. The summed E-state index contributed by atoms with van der Waals surface area (Å²) >= 11 is 5.73. The molecular formula is C15H12ClNO5. The standard InChI is InChI=1S/C15H12ClNO5/c16-9-1-4-11(5-2-9)22-8-14(19)17-10-3-6-13(18)12(7-10)15(20)21/h1-7,18H,8H2,(H,17,19)(H,20,21). The summed E-state index contributed by atoms with van der Waals surface area (Å²) in [7, 11) is 0. The Bertz CT molecular complexity index is 700. The van der Waals surface area contributed by atoms with E-state index in [0.717, 1.165) is 6.07 Å². The van der Waals surface area contributed by atoms with Gasteiger partial charge in [-0.1, -0.05) is 11.6 Å². The van der Waals surface area contributed by atoms with Crippen LogP contribution in [-0.2, 0) is 4.79 Å². The number of halogens is 1. The van der Waals surface area contributed by atoms with Crippen molar-refractivity contribution in [3.05, 3.63) is 53.1 Å². The second-order valence-corrected chi connectivity index (χ2v) is 4.76. The number of carbonyl (C=O) groups excluding carboxylic acids is 1. The van der Waals surface area contributed by atoms with Gasteiger partial charge in [-0.15, -0.1) is 0 Å². The molecule has 3 N–H and O–H groups in total. The molecule has 0 aliphatic heterocycles. The Kier molecular flexibility index (Phi) is 4.85. The molecule has 0 saturated carbocycles. The number of nitrogens with one attached hydrogen (secondary N) is 1. The maximum absolute atomic E-state index is 11.7. The lowest BCUT2D eigenvalue weighted by Gasteiger charge is -2.08. The van der Waals surface area contributed by atoms with Crippen molar-refractivity contribution in [2.45, 2.75) is 0 Å². The predicted octanol–water partition coefficient (Wildman–Crippen LogP) is 2.76. The maximum atomic E-state index is 11.7. The van der Waals surface area contributed by atoms with Gasteiger partial charge in [-0.05, 0) is 42.5 Å². The van der Waals surface area contributed by atoms with Crippen LogP contribution in [0.5, 0.6) is 11.5 Å². The van der Waals surface area contributed by atoms with E-state index in [0.29, 0.717) is 10.8 Å². The van der Waals surface area contributed by atoms with Crippen LogP contribution in [0.15, 0.2) is 42.5 Å². The first-order chi connectivity index (χ1) is 10.5. The fraction of sp³-hybridized carbons (Fsp3) is 0.0667. The van der Waals surface area contributed by atoms with Gasteiger partial charge in [0.1, 0.15) is 17.1 Å². The van der Waals surface area contributed by atoms with Gasteiger partial charge in [-0.25, -0.2) is 4.79 Å². The smallest absolute Gasteiger partial charge is 0.339 e. The molecule has 0 aromatic heterocycles. The molecule has 1 amide bonds. The van der Waals surface area contributed by atoms with Crippen LogP contribution in [0.1, 0.15) is 10.4 Å². The quantitative estimate of drug-likeness (QED) is 0.736. The fourth-order valence-corrected chi connectivity index (χ4v) is 1.79. The number of aromatic carboxylic acids is 1. The molecule has 0 heterocycles. The number of carbonyl (C=O) groups is 2. The summed E-state index contributed by atoms with van der Waals surface area (Å²) in [4.78, 5) is 22.6. The van der Waals surface area contributed by atoms with E-state index in [4.69, 9.17) is 21.4 Å². The molecule has 0 saturated heterocycles. The van der Waals surface area contributed by atoms with Gasteiger partial charge in [0.25, 0.3) is 5.91 Å². The maximum Gasteiger partial charge on any atom is 0.339 e. The number of rotatable bonds is 5. The second-order valence-electron chi connectivity index (χ2n) is 4.33. The summed E-state index contributed by atoms with van der Waals surface area (Å²) in [6.07, 6.45) is 0. The summed E-state index contributed by atoms with van der Waals surface area (Å²) < 4.78 is 5.26. The molecule has 7 heteroatoms. The Hall–Kier alpha value is -2.73. The molecule has 0 atom stereocenters. The average Bonchev–Trinajstić information content (AvgIpc) is 2.48. The zero-order valence-electron chi connectivity index (χ0n) is 11.2. The van der Waals surface area contributed by atoms with Crippen LogP contribution < -0.4 is 10.1 Å². The van der Waals surface area contributed by atoms with Gasteiger partial charge in [-0.2, -0.15) is 0 Å². The molecule has 6 nitrogen and oxygen atoms in total. The van der Waals surface area contributed by atoms with Crippen LogP contribution in [0, 0.1) is 0 Å². The van der Waals surface area contributed by atoms with Crippen molar-refractivity contribution in [1.29, 1.82) is 0 Å². The molecule has 0 aliphatic rings. The summed E-state index contributed by atoms with van der Waals surface area (Å²) in [6, 6.07) is 10.3. The van der Waals surface area contributed by atoms with E-state index in [9.17, 15) is 14.7 Å². The van der Waals surface area contributed by atoms with E-state index in [-0.39, 0.29) is 23.6 Å². The van der Waals surface area contributed by atoms with Crippen LogP contribution in [0.2, 0.25) is 5.02 Å². The highest BCUT2D eigenvalue weighted by atomic mass is 35.5. The van der Waals surface area contributed by atoms with Crippen LogP contribution in [0.25, 0.3) is 0 Å². The first-order valence-electron chi connectivity index (χ1n) is 6.20. The first kappa shape index (κ1) is 15.7. The number of benzene rings is 2. The third kappa shape index (κ3) is 4.13. The highest BCUT2D eigenvalue weighted by molar-refractivity contribution is 6.30. The number of carboxylic acids is 1. The molecule has 0 bridgehead atoms. The van der Waals surface area contributed by atoms with E-state index < -0.39 is 11.9 Å². The van der Waals surface area contributed by atoms with Gasteiger partial charge < -0.3 is 20.3 Å². The number of ether oxygens (including phenoxy) is 1. The van der Waals surface area contributed by atoms with Crippen molar-refractivity contribution >= 4 is 29.2 Å². The van der Waals surface area contributed by atoms with Gasteiger partial charge in [0, 0.05) is 10.7 Å². The minimum absolute atomic E-state index is 0.245. The number of phenols is 1. The lowest BCUT2D eigenvalue weighted by atomic mass is 10.2. The van der Waals surface area contributed by atoms with Gasteiger partial charge in [0.2, 0.25) is 0 Å². The molecule has 2 aromatic carbocycles. The molecule has 2 rings (SSSR count). The SMILES string of the molecule is O=C(COc1ccc(Cl)cc1)Nc1ccc(O)c(C(=O)O)c1. The van der Waals surface area contributed by atoms with Gasteiger partial charge >= 0.3 is 5.97 Å². The molecular weight excluding hydrogens is 310 g/mol. The minimum Gasteiger partial charge on any atom is -0.507 e. The van der Waals surface area contributed by atoms with Gasteiger partial charge in [-0.3, -0.25) is 4.79 Å². The zero-order chi connectivity index (χ0) is 16.1. The molecule has 22 heavy (non-hydrogen) atoms. The minimum atomic E-state index is -1.29. The van der Waals surface area contributed by atoms with Crippen molar-refractivity contribution < 1.29 is 24.5 Å². The number of hydrogen-bond donors (Lipinski definition) is 3. The summed E-state index contributed by atoms with van der Waals surface area (Å²) in [6.45, 7) is -0.245. The van der Waals surface area contributed by atoms with Gasteiger partial charge in [0.05, 0.1) is 0 Å². The molecule has 0 spiro atoms. The highest BCUT2D eigenvalue weighted by Gasteiger charge is 2.11. The topological polar surface area (TPSA) is 95.9 Å². The monoisotopic (exact) mass is 321 g/mol. The average molecular weight is 322 g/mol. The highest BCUT2D eigenvalue weighted by Crippen LogP contribution is 2.21. The Morgan fingerprint density at radius 2 is 1.82 bits per heavy atom. The number of aromatic hydroxyl groups is 1. The van der Waals surface area contributed by atoms with Crippen molar-refractivity contribution in [3.63, 3.8) is 0 Å². The first-order valence-corrected chi connectivity index (χ1v) is 6.58. The molecule has 0 radical (unpaired) electrons. The molecule has 0 unspecified atom stereocenters. The number of anilines is 1. The lowest BCUT2D eigenvalue weighted by Crippen LogP contribution is -2.20. The third-order valence-electron chi connectivity index (χ3n) is 2.69. The molecule has 0 aliphatic carbocycles. The van der Waals surface area contributed by atoms with Crippen LogP contribution in [-0.4, -0.2) is 28.7 Å². The van der Waals surface area contributed by atoms with E-state index >= 15 is 0 Å². The number of carboxylic acid groups (broad SMARTS) is 1. The third-order valence-corrected chi connectivity index (χ3v) is 2.95. The van der Waals surface area contributed by atoms with Crippen LogP contribution in [0.4, 0.5) is 5.69 Å². The van der Waals surface area contributed by atoms with Crippen LogP contribution >= 0.6 is 11.6 Å². The fourth-order valence-electron chi connectivity index (χ4n) is 1.66. The van der Waals surface area contributed by atoms with E-state index in [2.05, 4.69) is 5.32 Å². The van der Waals surface area contributed by atoms with Crippen LogP contribution in [0.3, 0.4) is 0 Å². The van der Waals surface area contributed by atoms with E-state index in [1.54, 1.807) is 24.3 Å². The normalized spacial score (nSPS) is 10.0. The van der Waals surface area contributed by atoms with Crippen molar-refractivity contribution in [1.82, 2.24) is 0 Å². The Balaban J connectivity index is 1.96. The largest absolute Gasteiger partial charge is 0.507 e. The van der Waals surface area contributed by atoms with Crippen molar-refractivity contribution in [3.8, 4) is 11.5 Å². The number of hydrogen-bond acceptors (Lipinski definition) is 4. The summed E-state index contributed by atoms with van der Waals surface area (Å²) in [5.41, 5.74) is -0.0451. The lowest BCUT2D eigenvalue weighted by molar-refractivity contribution is -0.118. The van der Waals surface area contributed by atoms with Crippen molar-refractivity contribution in [2.24, 2.45) is 0 Å². The zero-order valence-corrected chi connectivity index (χ0v) is 12.0. The van der Waals surface area contributed by atoms with Gasteiger partial charge in [0.15, 0.2) is 6.61 Å². The number of amides is 1. The second kappa shape index (κ2) is 6.82. The van der Waals surface area contributed by atoms with E-state index in [1.807, 2.05) is 0 Å². The molecule has 114 valence electrons. The predicted molar refractivity (Wildman–Crippen MR) is 80.6 cm³/mol. The Morgan fingerprint density at radius 3 is 2.45 bits per heavy atom. The molecule has 0 fully saturated rings.